The molecule has 4 heteroatoms. The average molecular weight is 264 g/mol. The van der Waals surface area contributed by atoms with Crippen LogP contribution < -0.4 is 5.32 Å². The molecule has 2 heterocycles. The van der Waals surface area contributed by atoms with Crippen molar-refractivity contribution in [1.82, 2.24) is 20.0 Å². The highest BCUT2D eigenvalue weighted by atomic mass is 15.3. The lowest BCUT2D eigenvalue weighted by Crippen LogP contribution is -2.38. The molecule has 0 spiro atoms. The summed E-state index contributed by atoms with van der Waals surface area (Å²) >= 11 is 0. The van der Waals surface area contributed by atoms with Gasteiger partial charge in [-0.1, -0.05) is 6.42 Å². The summed E-state index contributed by atoms with van der Waals surface area (Å²) in [5.41, 5.74) is 2.37. The summed E-state index contributed by atoms with van der Waals surface area (Å²) in [7, 11) is 2.01. The van der Waals surface area contributed by atoms with E-state index in [4.69, 9.17) is 0 Å². The van der Waals surface area contributed by atoms with Crippen molar-refractivity contribution >= 4 is 0 Å². The molecule has 0 amide bonds. The van der Waals surface area contributed by atoms with Crippen LogP contribution in [0.25, 0.3) is 0 Å². The summed E-state index contributed by atoms with van der Waals surface area (Å²) in [6.07, 6.45) is 5.41. The summed E-state index contributed by atoms with van der Waals surface area (Å²) in [6.45, 7) is 8.95. The van der Waals surface area contributed by atoms with E-state index in [1.807, 2.05) is 18.7 Å². The predicted molar refractivity (Wildman–Crippen MR) is 79.2 cm³/mol. The Bertz CT molecular complexity index is 385. The van der Waals surface area contributed by atoms with Gasteiger partial charge in [-0.05, 0) is 58.8 Å². The molecule has 1 fully saturated rings. The molecule has 19 heavy (non-hydrogen) atoms. The summed E-state index contributed by atoms with van der Waals surface area (Å²) in [4.78, 5) is 2.64. The summed E-state index contributed by atoms with van der Waals surface area (Å²) in [6, 6.07) is 2.94. The van der Waals surface area contributed by atoms with Crippen molar-refractivity contribution in [3.8, 4) is 0 Å². The quantitative estimate of drug-likeness (QED) is 0.799. The van der Waals surface area contributed by atoms with Crippen molar-refractivity contribution in [2.75, 3.05) is 19.6 Å². The third kappa shape index (κ3) is 4.32. The number of aryl methyl sites for hydroxylation is 2. The molecular weight excluding hydrogens is 236 g/mol. The zero-order chi connectivity index (χ0) is 13.7. The zero-order valence-electron chi connectivity index (χ0n) is 12.7. The molecule has 1 unspecified atom stereocenters. The van der Waals surface area contributed by atoms with Crippen LogP contribution in [0.15, 0.2) is 6.07 Å². The van der Waals surface area contributed by atoms with Crippen LogP contribution in [0.3, 0.4) is 0 Å². The average Bonchev–Trinajstić information content (AvgIpc) is 2.70. The van der Waals surface area contributed by atoms with E-state index in [2.05, 4.69) is 28.3 Å². The van der Waals surface area contributed by atoms with E-state index in [-0.39, 0.29) is 0 Å². The van der Waals surface area contributed by atoms with E-state index in [1.165, 1.54) is 44.5 Å². The van der Waals surface area contributed by atoms with Crippen LogP contribution in [-0.4, -0.2) is 40.4 Å². The molecule has 1 saturated heterocycles. The Kier molecular flexibility index (Phi) is 5.40. The number of nitrogens with one attached hydrogen (secondary N) is 1. The molecule has 4 nitrogen and oxygen atoms in total. The molecule has 2 rings (SSSR count). The van der Waals surface area contributed by atoms with Crippen molar-refractivity contribution in [3.63, 3.8) is 0 Å². The fourth-order valence-corrected chi connectivity index (χ4v) is 2.94. The maximum Gasteiger partial charge on any atom is 0.0597 e. The minimum absolute atomic E-state index is 0.786. The van der Waals surface area contributed by atoms with Crippen molar-refractivity contribution in [2.24, 2.45) is 7.05 Å². The van der Waals surface area contributed by atoms with Crippen molar-refractivity contribution < 1.29 is 0 Å². The Morgan fingerprint density at radius 1 is 1.42 bits per heavy atom. The van der Waals surface area contributed by atoms with Gasteiger partial charge in [0.05, 0.1) is 11.4 Å². The lowest BCUT2D eigenvalue weighted by atomic mass is 10.0. The third-order valence-electron chi connectivity index (χ3n) is 4.14. The first-order valence-corrected chi connectivity index (χ1v) is 7.61. The molecule has 0 aliphatic carbocycles. The minimum Gasteiger partial charge on any atom is -0.311 e. The molecule has 1 atom stereocenters. The zero-order valence-corrected chi connectivity index (χ0v) is 12.7. The number of likely N-dealkylation sites (tertiary alicyclic amines) is 1. The van der Waals surface area contributed by atoms with Crippen LogP contribution in [0.2, 0.25) is 0 Å². The molecule has 1 aromatic heterocycles. The van der Waals surface area contributed by atoms with E-state index in [0.29, 0.717) is 0 Å². The van der Waals surface area contributed by atoms with Crippen LogP contribution in [0, 0.1) is 6.92 Å². The minimum atomic E-state index is 0.786. The lowest BCUT2D eigenvalue weighted by molar-refractivity contribution is 0.159. The number of hydrogen-bond acceptors (Lipinski definition) is 3. The van der Waals surface area contributed by atoms with E-state index in [9.17, 15) is 0 Å². The van der Waals surface area contributed by atoms with Gasteiger partial charge in [-0.2, -0.15) is 5.10 Å². The normalized spacial score (nSPS) is 20.9. The highest BCUT2D eigenvalue weighted by Crippen LogP contribution is 2.16. The highest BCUT2D eigenvalue weighted by Gasteiger charge is 2.16. The Hall–Kier alpha value is -0.870. The van der Waals surface area contributed by atoms with E-state index in [0.717, 1.165) is 24.8 Å². The molecule has 0 radical (unpaired) electrons. The maximum absolute atomic E-state index is 4.36. The number of hydrogen-bond donors (Lipinski definition) is 1. The first kappa shape index (κ1) is 14.5. The van der Waals surface area contributed by atoms with Gasteiger partial charge in [-0.25, -0.2) is 0 Å². The van der Waals surface area contributed by atoms with Crippen molar-refractivity contribution in [1.29, 1.82) is 0 Å². The first-order chi connectivity index (χ1) is 9.16. The smallest absolute Gasteiger partial charge is 0.0597 e. The topological polar surface area (TPSA) is 33.1 Å². The van der Waals surface area contributed by atoms with Gasteiger partial charge >= 0.3 is 0 Å². The Morgan fingerprint density at radius 2 is 2.26 bits per heavy atom. The highest BCUT2D eigenvalue weighted by molar-refractivity contribution is 5.08. The molecule has 0 bridgehead atoms. The van der Waals surface area contributed by atoms with Crippen LogP contribution >= 0.6 is 0 Å². The van der Waals surface area contributed by atoms with Crippen molar-refractivity contribution in [3.05, 3.63) is 17.5 Å². The maximum atomic E-state index is 4.36. The Labute approximate surface area is 117 Å². The van der Waals surface area contributed by atoms with Gasteiger partial charge in [-0.15, -0.1) is 0 Å². The fraction of sp³-hybridized carbons (Fsp3) is 0.800. The molecule has 1 N–H and O–H groups in total. The molecule has 0 saturated carbocycles. The van der Waals surface area contributed by atoms with Gasteiger partial charge in [0.1, 0.15) is 0 Å². The molecule has 1 aromatic rings. The van der Waals surface area contributed by atoms with Gasteiger partial charge in [0, 0.05) is 19.6 Å². The summed E-state index contributed by atoms with van der Waals surface area (Å²) in [5.74, 6) is 0. The Balaban J connectivity index is 1.60. The molecule has 1 aliphatic rings. The standard InChI is InChI=1S/C15H28N4/c1-13-11-15(18(3)17-13)12-16-8-6-10-19-9-5-4-7-14(19)2/h11,14,16H,4-10,12H2,1-3H3. The summed E-state index contributed by atoms with van der Waals surface area (Å²) in [5, 5.41) is 7.88. The number of rotatable bonds is 6. The SMILES string of the molecule is Cc1cc(CNCCCN2CCCCC2C)n(C)n1. The van der Waals surface area contributed by atoms with Crippen LogP contribution in [0.5, 0.6) is 0 Å². The van der Waals surface area contributed by atoms with Gasteiger partial charge in [0.2, 0.25) is 0 Å². The lowest BCUT2D eigenvalue weighted by Gasteiger charge is -2.33. The molecule has 0 aromatic carbocycles. The van der Waals surface area contributed by atoms with Gasteiger partial charge < -0.3 is 10.2 Å². The molecule has 108 valence electrons. The Morgan fingerprint density at radius 3 is 2.95 bits per heavy atom. The molecule has 1 aliphatic heterocycles. The van der Waals surface area contributed by atoms with Crippen molar-refractivity contribution in [2.45, 2.75) is 52.1 Å². The largest absolute Gasteiger partial charge is 0.311 e. The van der Waals surface area contributed by atoms with E-state index in [1.54, 1.807) is 0 Å². The van der Waals surface area contributed by atoms with Gasteiger partial charge in [0.25, 0.3) is 0 Å². The second-order valence-electron chi connectivity index (χ2n) is 5.81. The number of piperidine rings is 1. The van der Waals surface area contributed by atoms with Crippen LogP contribution in [0.1, 0.15) is 44.0 Å². The van der Waals surface area contributed by atoms with E-state index < -0.39 is 0 Å². The third-order valence-corrected chi connectivity index (χ3v) is 4.14. The van der Waals surface area contributed by atoms with Crippen LogP contribution in [-0.2, 0) is 13.6 Å². The second kappa shape index (κ2) is 7.06. The van der Waals surface area contributed by atoms with Crippen LogP contribution in [0.4, 0.5) is 0 Å². The number of nitrogens with zero attached hydrogens (tertiary/aromatic N) is 3. The first-order valence-electron chi connectivity index (χ1n) is 7.61. The summed E-state index contributed by atoms with van der Waals surface area (Å²) < 4.78 is 1.97. The number of aromatic nitrogens is 2. The molecular formula is C15H28N4. The fourth-order valence-electron chi connectivity index (χ4n) is 2.94. The van der Waals surface area contributed by atoms with Gasteiger partial charge in [-0.3, -0.25) is 4.68 Å². The monoisotopic (exact) mass is 264 g/mol. The van der Waals surface area contributed by atoms with E-state index >= 15 is 0 Å². The van der Waals surface area contributed by atoms with Gasteiger partial charge in [0.15, 0.2) is 0 Å². The second-order valence-corrected chi connectivity index (χ2v) is 5.81. The predicted octanol–water partition coefficient (Wildman–Crippen LogP) is 2.08.